The highest BCUT2D eigenvalue weighted by Gasteiger charge is 2.35. The lowest BCUT2D eigenvalue weighted by molar-refractivity contribution is -0.148. The van der Waals surface area contributed by atoms with E-state index in [1.54, 1.807) is 6.92 Å². The van der Waals surface area contributed by atoms with Gasteiger partial charge in [-0.05, 0) is 31.7 Å². The molecule has 24 heavy (non-hydrogen) atoms. The van der Waals surface area contributed by atoms with Gasteiger partial charge >= 0.3 is 5.97 Å². The number of likely N-dealkylation sites (tertiary alicyclic amines) is 1. The molecule has 0 radical (unpaired) electrons. The lowest BCUT2D eigenvalue weighted by Crippen LogP contribution is -2.55. The predicted octanol–water partition coefficient (Wildman–Crippen LogP) is 0.138. The van der Waals surface area contributed by atoms with Crippen molar-refractivity contribution in [1.82, 2.24) is 10.2 Å². The van der Waals surface area contributed by atoms with Gasteiger partial charge in [0.15, 0.2) is 0 Å². The molecule has 7 nitrogen and oxygen atoms in total. The van der Waals surface area contributed by atoms with Crippen molar-refractivity contribution in [3.63, 3.8) is 0 Å². The van der Waals surface area contributed by atoms with Crippen LogP contribution >= 0.6 is 0 Å². The van der Waals surface area contributed by atoms with E-state index in [0.29, 0.717) is 25.8 Å². The first-order chi connectivity index (χ1) is 11.3. The first-order valence-corrected chi connectivity index (χ1v) is 7.94. The fourth-order valence-electron chi connectivity index (χ4n) is 2.88. The Labute approximate surface area is 140 Å². The van der Waals surface area contributed by atoms with E-state index in [1.165, 1.54) is 4.90 Å². The molecular weight excluding hydrogens is 310 g/mol. The van der Waals surface area contributed by atoms with Gasteiger partial charge in [0.1, 0.15) is 6.04 Å². The van der Waals surface area contributed by atoms with E-state index < -0.39 is 29.4 Å². The van der Waals surface area contributed by atoms with Crippen LogP contribution in [0.4, 0.5) is 0 Å². The molecule has 0 aromatic heterocycles. The van der Waals surface area contributed by atoms with Gasteiger partial charge in [-0.15, -0.1) is 0 Å². The van der Waals surface area contributed by atoms with Gasteiger partial charge in [0.25, 0.3) is 0 Å². The normalized spacial score (nSPS) is 19.6. The molecule has 0 unspecified atom stereocenters. The fourth-order valence-corrected chi connectivity index (χ4v) is 2.88. The number of rotatable bonds is 6. The van der Waals surface area contributed by atoms with Crippen molar-refractivity contribution >= 4 is 17.8 Å². The number of amides is 2. The van der Waals surface area contributed by atoms with Crippen molar-refractivity contribution in [1.29, 1.82) is 0 Å². The molecule has 1 fully saturated rings. The number of hydrogen-bond donors (Lipinski definition) is 3. The molecule has 7 heteroatoms. The second-order valence-electron chi connectivity index (χ2n) is 6.35. The Kier molecular flexibility index (Phi) is 5.56. The molecule has 0 aliphatic carbocycles. The van der Waals surface area contributed by atoms with Crippen molar-refractivity contribution in [3.05, 3.63) is 35.9 Å². The van der Waals surface area contributed by atoms with Crippen LogP contribution in [0.5, 0.6) is 0 Å². The molecule has 1 aliphatic rings. The third-order valence-corrected chi connectivity index (χ3v) is 4.19. The summed E-state index contributed by atoms with van der Waals surface area (Å²) in [5.74, 6) is -1.85. The SMILES string of the molecule is C[C@](N)(Cc1ccccc1)C(=O)NCC(=O)N1CCC[C@H]1C(=O)O. The molecule has 1 aliphatic heterocycles. The molecular formula is C17H23N3O4. The second kappa shape index (κ2) is 7.44. The van der Waals surface area contributed by atoms with Crippen LogP contribution in [-0.2, 0) is 20.8 Å². The van der Waals surface area contributed by atoms with Gasteiger partial charge in [-0.3, -0.25) is 9.59 Å². The van der Waals surface area contributed by atoms with Gasteiger partial charge in [-0.25, -0.2) is 4.79 Å². The zero-order valence-electron chi connectivity index (χ0n) is 13.7. The standard InChI is InChI=1S/C17H23N3O4/c1-17(18,10-12-6-3-2-4-7-12)16(24)19-11-14(21)20-9-5-8-13(20)15(22)23/h2-4,6-7,13H,5,8-11,18H2,1H3,(H,19,24)(H,22,23)/t13-,17-/m0/s1. The van der Waals surface area contributed by atoms with Crippen LogP contribution in [0.2, 0.25) is 0 Å². The quantitative estimate of drug-likeness (QED) is 0.685. The largest absolute Gasteiger partial charge is 0.480 e. The summed E-state index contributed by atoms with van der Waals surface area (Å²) in [5.41, 5.74) is 5.85. The molecule has 1 saturated heterocycles. The van der Waals surface area contributed by atoms with Crippen LogP contribution in [0.25, 0.3) is 0 Å². The van der Waals surface area contributed by atoms with Crippen LogP contribution in [0, 0.1) is 0 Å². The number of aliphatic carboxylic acids is 1. The Hall–Kier alpha value is -2.41. The van der Waals surface area contributed by atoms with Crippen molar-refractivity contribution < 1.29 is 19.5 Å². The maximum absolute atomic E-state index is 12.3. The number of carbonyl (C=O) groups excluding carboxylic acids is 2. The number of carbonyl (C=O) groups is 3. The first-order valence-electron chi connectivity index (χ1n) is 7.94. The molecule has 0 spiro atoms. The molecule has 0 saturated carbocycles. The number of nitrogens with one attached hydrogen (secondary N) is 1. The third-order valence-electron chi connectivity index (χ3n) is 4.19. The molecule has 2 atom stereocenters. The van der Waals surface area contributed by atoms with Crippen molar-refractivity contribution in [3.8, 4) is 0 Å². The second-order valence-corrected chi connectivity index (χ2v) is 6.35. The van der Waals surface area contributed by atoms with Crippen LogP contribution in [-0.4, -0.2) is 52.5 Å². The summed E-state index contributed by atoms with van der Waals surface area (Å²) < 4.78 is 0. The Morgan fingerprint density at radius 2 is 2.00 bits per heavy atom. The maximum atomic E-state index is 12.3. The number of carboxylic acid groups (broad SMARTS) is 1. The van der Waals surface area contributed by atoms with Crippen LogP contribution in [0.15, 0.2) is 30.3 Å². The lowest BCUT2D eigenvalue weighted by atomic mass is 9.93. The summed E-state index contributed by atoms with van der Waals surface area (Å²) in [6.45, 7) is 1.76. The number of nitrogens with two attached hydrogens (primary N) is 1. The average Bonchev–Trinajstić information content (AvgIpc) is 3.02. The zero-order valence-corrected chi connectivity index (χ0v) is 13.7. The molecule has 130 valence electrons. The van der Waals surface area contributed by atoms with Gasteiger partial charge in [0.05, 0.1) is 12.1 Å². The molecule has 1 aromatic rings. The number of benzene rings is 1. The van der Waals surface area contributed by atoms with E-state index in [1.807, 2.05) is 30.3 Å². The highest BCUT2D eigenvalue weighted by atomic mass is 16.4. The predicted molar refractivity (Wildman–Crippen MR) is 88.1 cm³/mol. The Morgan fingerprint density at radius 1 is 1.33 bits per heavy atom. The Morgan fingerprint density at radius 3 is 2.62 bits per heavy atom. The van der Waals surface area contributed by atoms with Gasteiger partial charge < -0.3 is 21.1 Å². The van der Waals surface area contributed by atoms with E-state index in [0.717, 1.165) is 5.56 Å². The van der Waals surface area contributed by atoms with E-state index in [4.69, 9.17) is 10.8 Å². The Bertz CT molecular complexity index is 616. The summed E-state index contributed by atoms with van der Waals surface area (Å²) in [7, 11) is 0. The van der Waals surface area contributed by atoms with Crippen molar-refractivity contribution in [2.45, 2.75) is 37.8 Å². The summed E-state index contributed by atoms with van der Waals surface area (Å²) in [6.07, 6.45) is 1.44. The number of carboxylic acids is 1. The topological polar surface area (TPSA) is 113 Å². The molecule has 1 aromatic carbocycles. The van der Waals surface area contributed by atoms with Gasteiger partial charge in [-0.2, -0.15) is 0 Å². The highest BCUT2D eigenvalue weighted by molar-refractivity contribution is 5.91. The van der Waals surface area contributed by atoms with Gasteiger partial charge in [0, 0.05) is 6.54 Å². The smallest absolute Gasteiger partial charge is 0.326 e. The van der Waals surface area contributed by atoms with E-state index in [-0.39, 0.29) is 6.54 Å². The molecule has 4 N–H and O–H groups in total. The van der Waals surface area contributed by atoms with Crippen molar-refractivity contribution in [2.24, 2.45) is 5.73 Å². The van der Waals surface area contributed by atoms with E-state index in [2.05, 4.69) is 5.32 Å². The highest BCUT2D eigenvalue weighted by Crippen LogP contribution is 2.17. The van der Waals surface area contributed by atoms with Crippen molar-refractivity contribution in [2.75, 3.05) is 13.1 Å². The number of nitrogens with zero attached hydrogens (tertiary/aromatic N) is 1. The minimum atomic E-state index is -1.15. The minimum absolute atomic E-state index is 0.246. The maximum Gasteiger partial charge on any atom is 0.326 e. The molecule has 0 bridgehead atoms. The molecule has 2 amide bonds. The van der Waals surface area contributed by atoms with Gasteiger partial charge in [0.2, 0.25) is 11.8 Å². The van der Waals surface area contributed by atoms with E-state index >= 15 is 0 Å². The van der Waals surface area contributed by atoms with Crippen LogP contribution in [0.3, 0.4) is 0 Å². The zero-order chi connectivity index (χ0) is 17.7. The monoisotopic (exact) mass is 333 g/mol. The Balaban J connectivity index is 1.89. The van der Waals surface area contributed by atoms with Crippen LogP contribution in [0.1, 0.15) is 25.3 Å². The summed E-state index contributed by atoms with van der Waals surface area (Å²) in [4.78, 5) is 36.9. The van der Waals surface area contributed by atoms with Gasteiger partial charge in [-0.1, -0.05) is 30.3 Å². The average molecular weight is 333 g/mol. The summed E-state index contributed by atoms with van der Waals surface area (Å²) in [6, 6.07) is 8.57. The first kappa shape index (κ1) is 17.9. The lowest BCUT2D eigenvalue weighted by Gasteiger charge is -2.25. The third kappa shape index (κ3) is 4.32. The number of hydrogen-bond acceptors (Lipinski definition) is 4. The summed E-state index contributed by atoms with van der Waals surface area (Å²) >= 11 is 0. The minimum Gasteiger partial charge on any atom is -0.480 e. The summed E-state index contributed by atoms with van der Waals surface area (Å²) in [5, 5.41) is 11.6. The fraction of sp³-hybridized carbons (Fsp3) is 0.471. The van der Waals surface area contributed by atoms with E-state index in [9.17, 15) is 14.4 Å². The molecule has 1 heterocycles. The molecule has 2 rings (SSSR count). The van der Waals surface area contributed by atoms with Crippen LogP contribution < -0.4 is 11.1 Å².